The molecule has 2 unspecified atom stereocenters. The first-order valence-corrected chi connectivity index (χ1v) is 5.45. The summed E-state index contributed by atoms with van der Waals surface area (Å²) in [6, 6.07) is 0. The zero-order chi connectivity index (χ0) is 9.05. The number of carbonyl (C=O) groups is 1. The number of carbonyl (C=O) groups excluding carboxylic acids is 1. The first kappa shape index (κ1) is 7.84. The van der Waals surface area contributed by atoms with Crippen LogP contribution in [0.5, 0.6) is 0 Å². The van der Waals surface area contributed by atoms with Gasteiger partial charge in [-0.25, -0.2) is 0 Å². The summed E-state index contributed by atoms with van der Waals surface area (Å²) in [4.78, 5) is 11.8. The second-order valence-corrected chi connectivity index (χ2v) is 4.89. The van der Waals surface area contributed by atoms with Crippen LogP contribution in [0.4, 0.5) is 0 Å². The third-order valence-electron chi connectivity index (χ3n) is 4.42. The van der Waals surface area contributed by atoms with Crippen molar-refractivity contribution in [2.75, 3.05) is 6.61 Å². The van der Waals surface area contributed by atoms with Crippen molar-refractivity contribution < 1.29 is 9.53 Å². The zero-order valence-corrected chi connectivity index (χ0v) is 8.08. The summed E-state index contributed by atoms with van der Waals surface area (Å²) in [5, 5.41) is 0. The van der Waals surface area contributed by atoms with Gasteiger partial charge in [0.2, 0.25) is 0 Å². The predicted molar refractivity (Wildman–Crippen MR) is 48.0 cm³/mol. The molecule has 0 aliphatic heterocycles. The van der Waals surface area contributed by atoms with E-state index in [1.54, 1.807) is 0 Å². The molecule has 2 heteroatoms. The number of fused-ring (bicyclic) bond motifs is 5. The fraction of sp³-hybridized carbons (Fsp3) is 0.909. The quantitative estimate of drug-likeness (QED) is 0.607. The van der Waals surface area contributed by atoms with Gasteiger partial charge in [-0.3, -0.25) is 4.79 Å². The molecule has 3 fully saturated rings. The Bertz CT molecular complexity index is 261. The van der Waals surface area contributed by atoms with Crippen LogP contribution in [0.25, 0.3) is 0 Å². The van der Waals surface area contributed by atoms with E-state index in [9.17, 15) is 4.79 Å². The van der Waals surface area contributed by atoms with Crippen molar-refractivity contribution in [3.05, 3.63) is 0 Å². The number of hydrogen-bond donors (Lipinski definition) is 0. The molecule has 0 aromatic carbocycles. The normalized spacial score (nSPS) is 50.4. The molecule has 0 spiro atoms. The Balaban J connectivity index is 1.84. The van der Waals surface area contributed by atoms with E-state index < -0.39 is 0 Å². The van der Waals surface area contributed by atoms with Gasteiger partial charge in [0.05, 0.1) is 12.0 Å². The third kappa shape index (κ3) is 0.818. The highest BCUT2D eigenvalue weighted by Gasteiger charge is 2.69. The predicted octanol–water partition coefficient (Wildman–Crippen LogP) is 1.99. The average Bonchev–Trinajstić information content (AvgIpc) is 2.75. The standard InChI is InChI=1S/C11H16O2/c1-2-13-10(12)11-4-3-7(6-11)8-5-9(8)11/h7-9H,2-6H2,1H3/t7?,8-,9?,11-/m1/s1. The Hall–Kier alpha value is -0.530. The highest BCUT2D eigenvalue weighted by atomic mass is 16.5. The third-order valence-corrected chi connectivity index (χ3v) is 4.42. The van der Waals surface area contributed by atoms with Crippen molar-refractivity contribution in [2.24, 2.45) is 23.2 Å². The molecule has 0 N–H and O–H groups in total. The summed E-state index contributed by atoms with van der Waals surface area (Å²) >= 11 is 0. The zero-order valence-electron chi connectivity index (χ0n) is 8.08. The summed E-state index contributed by atoms with van der Waals surface area (Å²) < 4.78 is 5.20. The van der Waals surface area contributed by atoms with E-state index in [-0.39, 0.29) is 11.4 Å². The molecule has 0 aromatic rings. The number of ether oxygens (including phenoxy) is 1. The molecule has 3 aliphatic carbocycles. The SMILES string of the molecule is CCOC(=O)[C@]12CCC(C1)[C@H]1CC12. The van der Waals surface area contributed by atoms with Crippen LogP contribution < -0.4 is 0 Å². The number of rotatable bonds is 2. The molecular weight excluding hydrogens is 164 g/mol. The van der Waals surface area contributed by atoms with Gasteiger partial charge in [-0.1, -0.05) is 0 Å². The molecule has 0 aromatic heterocycles. The minimum Gasteiger partial charge on any atom is -0.466 e. The Labute approximate surface area is 78.6 Å². The summed E-state index contributed by atoms with van der Waals surface area (Å²) in [5.41, 5.74) is -0.00859. The molecule has 72 valence electrons. The largest absolute Gasteiger partial charge is 0.466 e. The maximum Gasteiger partial charge on any atom is 0.312 e. The maximum absolute atomic E-state index is 11.8. The van der Waals surface area contributed by atoms with E-state index in [0.717, 1.165) is 24.7 Å². The van der Waals surface area contributed by atoms with Gasteiger partial charge in [0.25, 0.3) is 0 Å². The van der Waals surface area contributed by atoms with Gasteiger partial charge in [-0.05, 0) is 50.4 Å². The Morgan fingerprint density at radius 1 is 1.62 bits per heavy atom. The van der Waals surface area contributed by atoms with Gasteiger partial charge in [0, 0.05) is 0 Å². The van der Waals surface area contributed by atoms with E-state index >= 15 is 0 Å². The summed E-state index contributed by atoms with van der Waals surface area (Å²) in [6.07, 6.45) is 4.84. The Kier molecular flexibility index (Phi) is 1.38. The Morgan fingerprint density at radius 3 is 3.08 bits per heavy atom. The molecule has 2 bridgehead atoms. The van der Waals surface area contributed by atoms with Crippen LogP contribution in [0.1, 0.15) is 32.6 Å². The van der Waals surface area contributed by atoms with Crippen LogP contribution in [0.15, 0.2) is 0 Å². The van der Waals surface area contributed by atoms with Crippen molar-refractivity contribution in [3.8, 4) is 0 Å². The minimum atomic E-state index is -0.00859. The maximum atomic E-state index is 11.8. The van der Waals surface area contributed by atoms with Crippen molar-refractivity contribution in [2.45, 2.75) is 32.6 Å². The lowest BCUT2D eigenvalue weighted by molar-refractivity contribution is -0.156. The topological polar surface area (TPSA) is 26.3 Å². The monoisotopic (exact) mass is 180 g/mol. The van der Waals surface area contributed by atoms with Gasteiger partial charge < -0.3 is 4.74 Å². The molecule has 0 heterocycles. The van der Waals surface area contributed by atoms with Crippen molar-refractivity contribution in [3.63, 3.8) is 0 Å². The minimum absolute atomic E-state index is 0.00859. The lowest BCUT2D eigenvalue weighted by Gasteiger charge is -2.24. The highest BCUT2D eigenvalue weighted by molar-refractivity contribution is 5.79. The highest BCUT2D eigenvalue weighted by Crippen LogP contribution is 2.72. The number of esters is 1. The van der Waals surface area contributed by atoms with Crippen molar-refractivity contribution in [1.29, 1.82) is 0 Å². The van der Waals surface area contributed by atoms with Gasteiger partial charge in [0.15, 0.2) is 0 Å². The molecule has 2 nitrogen and oxygen atoms in total. The molecule has 0 amide bonds. The average molecular weight is 180 g/mol. The first-order valence-electron chi connectivity index (χ1n) is 5.45. The first-order chi connectivity index (χ1) is 6.28. The van der Waals surface area contributed by atoms with E-state index in [2.05, 4.69) is 0 Å². The second-order valence-electron chi connectivity index (χ2n) is 4.89. The van der Waals surface area contributed by atoms with Gasteiger partial charge in [-0.2, -0.15) is 0 Å². The van der Waals surface area contributed by atoms with Crippen LogP contribution in [-0.4, -0.2) is 12.6 Å². The Morgan fingerprint density at radius 2 is 2.46 bits per heavy atom. The van der Waals surface area contributed by atoms with Crippen LogP contribution >= 0.6 is 0 Å². The summed E-state index contributed by atoms with van der Waals surface area (Å²) in [7, 11) is 0. The molecule has 3 saturated carbocycles. The van der Waals surface area contributed by atoms with E-state index in [0.29, 0.717) is 12.5 Å². The van der Waals surface area contributed by atoms with Crippen LogP contribution in [0.2, 0.25) is 0 Å². The van der Waals surface area contributed by atoms with Crippen LogP contribution in [0.3, 0.4) is 0 Å². The van der Waals surface area contributed by atoms with Crippen molar-refractivity contribution in [1.82, 2.24) is 0 Å². The molecule has 4 atom stereocenters. The van der Waals surface area contributed by atoms with E-state index in [1.165, 1.54) is 12.8 Å². The van der Waals surface area contributed by atoms with Crippen LogP contribution in [0, 0.1) is 23.2 Å². The summed E-state index contributed by atoms with van der Waals surface area (Å²) in [6.45, 7) is 2.45. The lowest BCUT2D eigenvalue weighted by atomic mass is 9.82. The van der Waals surface area contributed by atoms with E-state index in [1.807, 2.05) is 6.92 Å². The molecule has 3 rings (SSSR count). The number of hydrogen-bond acceptors (Lipinski definition) is 2. The summed E-state index contributed by atoms with van der Waals surface area (Å²) in [5.74, 6) is 2.60. The van der Waals surface area contributed by atoms with Gasteiger partial charge in [0.1, 0.15) is 0 Å². The fourth-order valence-corrected chi connectivity index (χ4v) is 3.80. The van der Waals surface area contributed by atoms with Crippen molar-refractivity contribution >= 4 is 5.97 Å². The fourth-order valence-electron chi connectivity index (χ4n) is 3.80. The molecule has 3 aliphatic rings. The molecule has 0 radical (unpaired) electrons. The van der Waals surface area contributed by atoms with E-state index in [4.69, 9.17) is 4.74 Å². The van der Waals surface area contributed by atoms with Gasteiger partial charge >= 0.3 is 5.97 Å². The molecule has 13 heavy (non-hydrogen) atoms. The van der Waals surface area contributed by atoms with Gasteiger partial charge in [-0.15, -0.1) is 0 Å². The van der Waals surface area contributed by atoms with Crippen LogP contribution in [-0.2, 0) is 9.53 Å². The lowest BCUT2D eigenvalue weighted by Crippen LogP contribution is -2.31. The second kappa shape index (κ2) is 2.28. The molecule has 0 saturated heterocycles. The molecular formula is C11H16O2. The smallest absolute Gasteiger partial charge is 0.312 e.